The molecule has 0 atom stereocenters. The van der Waals surface area contributed by atoms with Crippen LogP contribution in [0.3, 0.4) is 0 Å². The number of aryl methyl sites for hydroxylation is 1. The van der Waals surface area contributed by atoms with Crippen LogP contribution in [0.2, 0.25) is 0 Å². The normalized spacial score (nSPS) is 18.2. The standard InChI is InChI=1S/C18H23N5O/c1-14-3-2-4-17(21-14)22-7-5-15-16(6-8-22)19-13-20-18(15)23-9-11-24-12-10-23/h2-4,13H,5-12H2,1H3. The van der Waals surface area contributed by atoms with Crippen molar-refractivity contribution in [3.05, 3.63) is 41.5 Å². The lowest BCUT2D eigenvalue weighted by Crippen LogP contribution is -2.37. The molecule has 2 aliphatic rings. The highest BCUT2D eigenvalue weighted by Gasteiger charge is 2.23. The number of nitrogens with zero attached hydrogens (tertiary/aromatic N) is 5. The molecule has 0 amide bonds. The average molecular weight is 325 g/mol. The minimum absolute atomic E-state index is 0.776. The number of aromatic nitrogens is 3. The molecule has 1 fully saturated rings. The summed E-state index contributed by atoms with van der Waals surface area (Å²) in [7, 11) is 0. The van der Waals surface area contributed by atoms with E-state index >= 15 is 0 Å². The number of pyridine rings is 1. The second kappa shape index (κ2) is 6.73. The monoisotopic (exact) mass is 325 g/mol. The molecule has 4 heterocycles. The quantitative estimate of drug-likeness (QED) is 0.836. The minimum atomic E-state index is 0.776. The van der Waals surface area contributed by atoms with Crippen molar-refractivity contribution in [1.82, 2.24) is 15.0 Å². The molecule has 2 aliphatic heterocycles. The topological polar surface area (TPSA) is 54.4 Å². The number of anilines is 2. The van der Waals surface area contributed by atoms with Crippen molar-refractivity contribution in [3.8, 4) is 0 Å². The molecule has 4 rings (SSSR count). The van der Waals surface area contributed by atoms with Gasteiger partial charge in [-0.1, -0.05) is 6.07 Å². The van der Waals surface area contributed by atoms with Crippen LogP contribution in [0.1, 0.15) is 17.0 Å². The number of ether oxygens (including phenoxy) is 1. The summed E-state index contributed by atoms with van der Waals surface area (Å²) in [6.07, 6.45) is 3.60. The van der Waals surface area contributed by atoms with Gasteiger partial charge in [0, 0.05) is 43.9 Å². The van der Waals surface area contributed by atoms with Crippen molar-refractivity contribution in [2.75, 3.05) is 49.2 Å². The van der Waals surface area contributed by atoms with E-state index < -0.39 is 0 Å². The van der Waals surface area contributed by atoms with E-state index in [1.807, 2.05) is 13.0 Å². The number of rotatable bonds is 2. The predicted octanol–water partition coefficient (Wildman–Crippen LogP) is 1.62. The zero-order valence-electron chi connectivity index (χ0n) is 14.1. The zero-order valence-corrected chi connectivity index (χ0v) is 14.1. The van der Waals surface area contributed by atoms with Crippen molar-refractivity contribution < 1.29 is 4.74 Å². The van der Waals surface area contributed by atoms with Crippen molar-refractivity contribution in [3.63, 3.8) is 0 Å². The minimum Gasteiger partial charge on any atom is -0.378 e. The molecule has 0 bridgehead atoms. The zero-order chi connectivity index (χ0) is 16.4. The van der Waals surface area contributed by atoms with Crippen LogP contribution in [0.5, 0.6) is 0 Å². The van der Waals surface area contributed by atoms with Crippen LogP contribution >= 0.6 is 0 Å². The molecule has 2 aromatic rings. The summed E-state index contributed by atoms with van der Waals surface area (Å²) in [5, 5.41) is 0. The van der Waals surface area contributed by atoms with Crippen molar-refractivity contribution in [2.24, 2.45) is 0 Å². The lowest BCUT2D eigenvalue weighted by molar-refractivity contribution is 0.122. The Hall–Kier alpha value is -2.21. The Morgan fingerprint density at radius 3 is 2.62 bits per heavy atom. The molecular formula is C18H23N5O. The third kappa shape index (κ3) is 3.06. The van der Waals surface area contributed by atoms with Gasteiger partial charge in [-0.3, -0.25) is 0 Å². The van der Waals surface area contributed by atoms with Gasteiger partial charge in [-0.05, 0) is 25.5 Å². The van der Waals surface area contributed by atoms with Gasteiger partial charge in [-0.25, -0.2) is 15.0 Å². The fourth-order valence-corrected chi connectivity index (χ4v) is 3.49. The molecule has 2 aromatic heterocycles. The molecule has 0 radical (unpaired) electrons. The first-order valence-corrected chi connectivity index (χ1v) is 8.65. The van der Waals surface area contributed by atoms with Crippen molar-refractivity contribution in [2.45, 2.75) is 19.8 Å². The van der Waals surface area contributed by atoms with Crippen LogP contribution in [0.4, 0.5) is 11.6 Å². The highest BCUT2D eigenvalue weighted by atomic mass is 16.5. The summed E-state index contributed by atoms with van der Waals surface area (Å²) >= 11 is 0. The van der Waals surface area contributed by atoms with E-state index in [1.54, 1.807) is 6.33 Å². The molecule has 0 spiro atoms. The van der Waals surface area contributed by atoms with E-state index in [0.29, 0.717) is 0 Å². The number of morpholine rings is 1. The van der Waals surface area contributed by atoms with Gasteiger partial charge in [-0.2, -0.15) is 0 Å². The third-order valence-corrected chi connectivity index (χ3v) is 4.77. The third-order valence-electron chi connectivity index (χ3n) is 4.77. The molecule has 1 saturated heterocycles. The lowest BCUT2D eigenvalue weighted by Gasteiger charge is -2.29. The lowest BCUT2D eigenvalue weighted by atomic mass is 10.1. The molecule has 0 N–H and O–H groups in total. The highest BCUT2D eigenvalue weighted by molar-refractivity contribution is 5.51. The molecule has 0 aliphatic carbocycles. The molecule has 6 heteroatoms. The first kappa shape index (κ1) is 15.3. The molecule has 126 valence electrons. The van der Waals surface area contributed by atoms with Crippen LogP contribution < -0.4 is 9.80 Å². The van der Waals surface area contributed by atoms with Gasteiger partial charge in [-0.15, -0.1) is 0 Å². The van der Waals surface area contributed by atoms with Gasteiger partial charge in [0.15, 0.2) is 0 Å². The van der Waals surface area contributed by atoms with E-state index in [1.165, 1.54) is 11.3 Å². The molecule has 0 saturated carbocycles. The Morgan fingerprint density at radius 2 is 1.79 bits per heavy atom. The first-order chi connectivity index (χ1) is 11.8. The first-order valence-electron chi connectivity index (χ1n) is 8.65. The molecule has 0 unspecified atom stereocenters. The number of hydrogen-bond acceptors (Lipinski definition) is 6. The maximum atomic E-state index is 5.47. The highest BCUT2D eigenvalue weighted by Crippen LogP contribution is 2.25. The molecule has 6 nitrogen and oxygen atoms in total. The predicted molar refractivity (Wildman–Crippen MR) is 93.7 cm³/mol. The fraction of sp³-hybridized carbons (Fsp3) is 0.500. The molecule has 0 aromatic carbocycles. The maximum Gasteiger partial charge on any atom is 0.135 e. The second-order valence-corrected chi connectivity index (χ2v) is 6.35. The average Bonchev–Trinajstić information content (AvgIpc) is 2.85. The smallest absolute Gasteiger partial charge is 0.135 e. The van der Waals surface area contributed by atoms with Gasteiger partial charge < -0.3 is 14.5 Å². The Kier molecular flexibility index (Phi) is 4.30. The summed E-state index contributed by atoms with van der Waals surface area (Å²) in [5.41, 5.74) is 3.54. The Balaban J connectivity index is 1.58. The second-order valence-electron chi connectivity index (χ2n) is 6.35. The van der Waals surface area contributed by atoms with E-state index in [9.17, 15) is 0 Å². The Morgan fingerprint density at radius 1 is 0.958 bits per heavy atom. The summed E-state index contributed by atoms with van der Waals surface area (Å²) in [6.45, 7) is 7.31. The van der Waals surface area contributed by atoms with Gasteiger partial charge >= 0.3 is 0 Å². The summed E-state index contributed by atoms with van der Waals surface area (Å²) in [5.74, 6) is 2.16. The molecular weight excluding hydrogens is 302 g/mol. The number of hydrogen-bond donors (Lipinski definition) is 0. The van der Waals surface area contributed by atoms with Crippen LogP contribution in [0, 0.1) is 6.92 Å². The van der Waals surface area contributed by atoms with Crippen LogP contribution in [-0.2, 0) is 17.6 Å². The van der Waals surface area contributed by atoms with Crippen molar-refractivity contribution in [1.29, 1.82) is 0 Å². The SMILES string of the molecule is Cc1cccc(N2CCc3ncnc(N4CCOCC4)c3CC2)n1. The van der Waals surface area contributed by atoms with E-state index in [0.717, 1.165) is 69.6 Å². The van der Waals surface area contributed by atoms with Gasteiger partial charge in [0.05, 0.1) is 18.9 Å². The summed E-state index contributed by atoms with van der Waals surface area (Å²) in [4.78, 5) is 18.5. The Labute approximate surface area is 142 Å². The van der Waals surface area contributed by atoms with E-state index in [-0.39, 0.29) is 0 Å². The van der Waals surface area contributed by atoms with Gasteiger partial charge in [0.1, 0.15) is 18.0 Å². The van der Waals surface area contributed by atoms with Crippen molar-refractivity contribution >= 4 is 11.6 Å². The summed E-state index contributed by atoms with van der Waals surface area (Å²) < 4.78 is 5.47. The van der Waals surface area contributed by atoms with Crippen LogP contribution in [0.25, 0.3) is 0 Å². The summed E-state index contributed by atoms with van der Waals surface area (Å²) in [6, 6.07) is 6.21. The largest absolute Gasteiger partial charge is 0.378 e. The fourth-order valence-electron chi connectivity index (χ4n) is 3.49. The maximum absolute atomic E-state index is 5.47. The van der Waals surface area contributed by atoms with Crippen LogP contribution in [-0.4, -0.2) is 54.3 Å². The number of fused-ring (bicyclic) bond motifs is 1. The molecule has 24 heavy (non-hydrogen) atoms. The van der Waals surface area contributed by atoms with E-state index in [2.05, 4.69) is 36.9 Å². The van der Waals surface area contributed by atoms with Gasteiger partial charge in [0.2, 0.25) is 0 Å². The van der Waals surface area contributed by atoms with Gasteiger partial charge in [0.25, 0.3) is 0 Å². The van der Waals surface area contributed by atoms with Crippen LogP contribution in [0.15, 0.2) is 24.5 Å². The van der Waals surface area contributed by atoms with E-state index in [4.69, 9.17) is 4.74 Å². The Bertz CT molecular complexity index is 714.